The van der Waals surface area contributed by atoms with E-state index in [4.69, 9.17) is 4.74 Å². The number of rotatable bonds is 4. The maximum Gasteiger partial charge on any atom is 0.286 e. The third-order valence-electron chi connectivity index (χ3n) is 5.13. The van der Waals surface area contributed by atoms with Crippen LogP contribution in [0.25, 0.3) is 6.08 Å². The summed E-state index contributed by atoms with van der Waals surface area (Å²) in [7, 11) is 0. The van der Waals surface area contributed by atoms with E-state index >= 15 is 0 Å². The highest BCUT2D eigenvalue weighted by atomic mass is 32.2. The summed E-state index contributed by atoms with van der Waals surface area (Å²) in [6, 6.07) is 16.4. The van der Waals surface area contributed by atoms with Gasteiger partial charge in [0.15, 0.2) is 5.17 Å². The first-order valence-corrected chi connectivity index (χ1v) is 11.2. The fourth-order valence-electron chi connectivity index (χ4n) is 3.55. The number of aliphatic imine (C=N–C) groups is 1. The maximum absolute atomic E-state index is 12.5. The Morgan fingerprint density at radius 3 is 2.37 bits per heavy atom. The van der Waals surface area contributed by atoms with Crippen molar-refractivity contribution >= 4 is 34.6 Å². The van der Waals surface area contributed by atoms with Gasteiger partial charge >= 0.3 is 0 Å². The number of hydrogen-bond acceptors (Lipinski definition) is 5. The number of benzene rings is 2. The van der Waals surface area contributed by atoms with Gasteiger partial charge in [-0.15, -0.1) is 0 Å². The molecule has 4 rings (SSSR count). The highest BCUT2D eigenvalue weighted by Gasteiger charge is 2.28. The lowest BCUT2D eigenvalue weighted by Gasteiger charge is -2.36. The molecule has 6 heteroatoms. The van der Waals surface area contributed by atoms with E-state index in [9.17, 15) is 4.79 Å². The number of nitrogens with zero attached hydrogens (tertiary/aromatic N) is 3. The molecule has 1 amide bonds. The minimum absolute atomic E-state index is 0.0770. The van der Waals surface area contributed by atoms with Crippen LogP contribution in [0.5, 0.6) is 5.75 Å². The van der Waals surface area contributed by atoms with E-state index in [-0.39, 0.29) is 12.0 Å². The Labute approximate surface area is 182 Å². The monoisotopic (exact) mass is 421 g/mol. The van der Waals surface area contributed by atoms with Crippen LogP contribution in [0.15, 0.2) is 58.4 Å². The van der Waals surface area contributed by atoms with Crippen molar-refractivity contribution < 1.29 is 9.53 Å². The third-order valence-corrected chi connectivity index (χ3v) is 6.17. The van der Waals surface area contributed by atoms with Crippen LogP contribution >= 0.6 is 11.8 Å². The largest absolute Gasteiger partial charge is 0.490 e. The van der Waals surface area contributed by atoms with Gasteiger partial charge in [0, 0.05) is 37.4 Å². The van der Waals surface area contributed by atoms with E-state index in [2.05, 4.69) is 46.0 Å². The molecule has 0 bridgehead atoms. The maximum atomic E-state index is 12.5. The predicted molar refractivity (Wildman–Crippen MR) is 125 cm³/mol. The zero-order valence-electron chi connectivity index (χ0n) is 17.7. The molecular formula is C24H27N3O2S. The van der Waals surface area contributed by atoms with E-state index < -0.39 is 0 Å². The quantitative estimate of drug-likeness (QED) is 0.677. The van der Waals surface area contributed by atoms with Crippen LogP contribution < -0.4 is 9.64 Å². The molecule has 2 heterocycles. The minimum Gasteiger partial charge on any atom is -0.490 e. The van der Waals surface area contributed by atoms with E-state index in [1.165, 1.54) is 23.0 Å². The number of hydrogen-bond donors (Lipinski definition) is 0. The molecule has 0 N–H and O–H groups in total. The molecule has 2 aromatic carbocycles. The second kappa shape index (κ2) is 8.96. The fourth-order valence-corrected chi connectivity index (χ4v) is 4.50. The third kappa shape index (κ3) is 4.70. The van der Waals surface area contributed by atoms with Gasteiger partial charge < -0.3 is 14.5 Å². The van der Waals surface area contributed by atoms with Crippen molar-refractivity contribution in [1.82, 2.24) is 4.90 Å². The number of aryl methyl sites for hydroxylation is 1. The first-order valence-electron chi connectivity index (χ1n) is 10.3. The zero-order valence-corrected chi connectivity index (χ0v) is 18.5. The van der Waals surface area contributed by atoms with Crippen molar-refractivity contribution in [3.63, 3.8) is 0 Å². The molecule has 5 nitrogen and oxygen atoms in total. The summed E-state index contributed by atoms with van der Waals surface area (Å²) < 4.78 is 5.88. The standard InChI is InChI=1S/C24H27N3O2S/c1-17(2)29-21-7-5-4-6-19(21)16-22-23(28)25-24(30-22)27-14-12-26(13-15-27)20-10-8-18(3)9-11-20/h4-11,16-17H,12-15H2,1-3H3. The zero-order chi connectivity index (χ0) is 21.1. The number of thioether (sulfide) groups is 1. The summed E-state index contributed by atoms with van der Waals surface area (Å²) >= 11 is 1.46. The van der Waals surface area contributed by atoms with Crippen molar-refractivity contribution in [2.24, 2.45) is 4.99 Å². The van der Waals surface area contributed by atoms with Gasteiger partial charge in [0.2, 0.25) is 0 Å². The van der Waals surface area contributed by atoms with Gasteiger partial charge in [0.1, 0.15) is 5.75 Å². The molecule has 0 saturated carbocycles. The van der Waals surface area contributed by atoms with E-state index in [0.29, 0.717) is 4.91 Å². The molecule has 0 radical (unpaired) electrons. The SMILES string of the molecule is Cc1ccc(N2CCN(C3=NC(=O)C(=Cc4ccccc4OC(C)C)S3)CC2)cc1. The van der Waals surface area contributed by atoms with Crippen LogP contribution in [0.3, 0.4) is 0 Å². The highest BCUT2D eigenvalue weighted by molar-refractivity contribution is 8.18. The summed E-state index contributed by atoms with van der Waals surface area (Å²) in [6.07, 6.45) is 1.97. The fraction of sp³-hybridized carbons (Fsp3) is 0.333. The second-order valence-electron chi connectivity index (χ2n) is 7.82. The number of amides is 1. The molecule has 2 aliphatic heterocycles. The molecule has 0 aromatic heterocycles. The Morgan fingerprint density at radius 1 is 1.00 bits per heavy atom. The molecule has 1 fully saturated rings. The summed E-state index contributed by atoms with van der Waals surface area (Å²) in [4.78, 5) is 22.1. The number of carbonyl (C=O) groups excluding carboxylic acids is 1. The molecule has 2 aromatic rings. The van der Waals surface area contributed by atoms with Crippen LogP contribution in [0.2, 0.25) is 0 Å². The molecule has 0 atom stereocenters. The van der Waals surface area contributed by atoms with E-state index in [0.717, 1.165) is 42.7 Å². The van der Waals surface area contributed by atoms with Gasteiger partial charge in [-0.2, -0.15) is 4.99 Å². The highest BCUT2D eigenvalue weighted by Crippen LogP contribution is 2.33. The number of amidine groups is 1. The predicted octanol–water partition coefficient (Wildman–Crippen LogP) is 4.57. The van der Waals surface area contributed by atoms with E-state index in [1.807, 2.05) is 44.2 Å². The van der Waals surface area contributed by atoms with Gasteiger partial charge in [-0.1, -0.05) is 35.9 Å². The van der Waals surface area contributed by atoms with E-state index in [1.54, 1.807) is 0 Å². The topological polar surface area (TPSA) is 45.1 Å². The first kappa shape index (κ1) is 20.5. The Kier molecular flexibility index (Phi) is 6.13. The van der Waals surface area contributed by atoms with Gasteiger partial charge in [-0.3, -0.25) is 4.79 Å². The van der Waals surface area contributed by atoms with Crippen LogP contribution in [0.4, 0.5) is 5.69 Å². The number of para-hydroxylation sites is 1. The van der Waals surface area contributed by atoms with Gasteiger partial charge in [0.05, 0.1) is 11.0 Å². The summed E-state index contributed by atoms with van der Waals surface area (Å²) in [5.74, 6) is 0.615. The smallest absolute Gasteiger partial charge is 0.286 e. The Balaban J connectivity index is 1.41. The molecule has 30 heavy (non-hydrogen) atoms. The number of piperazine rings is 1. The molecular weight excluding hydrogens is 394 g/mol. The Hall–Kier alpha value is -2.73. The van der Waals surface area contributed by atoms with Gasteiger partial charge in [-0.25, -0.2) is 0 Å². The lowest BCUT2D eigenvalue weighted by Crippen LogP contribution is -2.47. The second-order valence-corrected chi connectivity index (χ2v) is 8.83. The molecule has 2 aliphatic rings. The van der Waals surface area contributed by atoms with Gasteiger partial charge in [-0.05, 0) is 56.8 Å². The normalized spacial score (nSPS) is 18.3. The molecule has 0 unspecified atom stereocenters. The summed E-state index contributed by atoms with van der Waals surface area (Å²) in [6.45, 7) is 9.64. The van der Waals surface area contributed by atoms with Crippen molar-refractivity contribution in [2.75, 3.05) is 31.1 Å². The summed E-state index contributed by atoms with van der Waals surface area (Å²) in [5.41, 5.74) is 3.43. The molecule has 156 valence electrons. The lowest BCUT2D eigenvalue weighted by molar-refractivity contribution is -0.113. The molecule has 0 aliphatic carbocycles. The van der Waals surface area contributed by atoms with Crippen molar-refractivity contribution in [3.05, 3.63) is 64.6 Å². The first-order chi connectivity index (χ1) is 14.5. The van der Waals surface area contributed by atoms with Crippen LogP contribution in [-0.4, -0.2) is 48.3 Å². The Bertz CT molecular complexity index is 974. The average molecular weight is 422 g/mol. The van der Waals surface area contributed by atoms with Crippen molar-refractivity contribution in [2.45, 2.75) is 26.9 Å². The number of carbonyl (C=O) groups is 1. The number of anilines is 1. The van der Waals surface area contributed by atoms with Gasteiger partial charge in [0.25, 0.3) is 5.91 Å². The molecule has 1 saturated heterocycles. The lowest BCUT2D eigenvalue weighted by atomic mass is 10.2. The Morgan fingerprint density at radius 2 is 1.67 bits per heavy atom. The molecule has 0 spiro atoms. The number of ether oxygens (including phenoxy) is 1. The van der Waals surface area contributed by atoms with Crippen LogP contribution in [-0.2, 0) is 4.79 Å². The van der Waals surface area contributed by atoms with Crippen LogP contribution in [0, 0.1) is 6.92 Å². The van der Waals surface area contributed by atoms with Crippen molar-refractivity contribution in [1.29, 1.82) is 0 Å². The van der Waals surface area contributed by atoms with Crippen LogP contribution in [0.1, 0.15) is 25.0 Å². The van der Waals surface area contributed by atoms with Crippen molar-refractivity contribution in [3.8, 4) is 5.75 Å². The average Bonchev–Trinajstić information content (AvgIpc) is 3.10. The summed E-state index contributed by atoms with van der Waals surface area (Å²) in [5, 5.41) is 0.803. The minimum atomic E-state index is -0.171.